The Bertz CT molecular complexity index is 487. The van der Waals surface area contributed by atoms with Crippen LogP contribution in [-0.4, -0.2) is 48.5 Å². The lowest BCUT2D eigenvalue weighted by Gasteiger charge is -2.18. The molecule has 0 heterocycles. The Morgan fingerprint density at radius 1 is 1.23 bits per heavy atom. The zero-order chi connectivity index (χ0) is 16.5. The van der Waals surface area contributed by atoms with Gasteiger partial charge in [-0.2, -0.15) is 0 Å². The molecule has 22 heavy (non-hydrogen) atoms. The molecule has 0 aromatic heterocycles. The number of hydrogen-bond donors (Lipinski definition) is 3. The molecule has 1 aromatic rings. The van der Waals surface area contributed by atoms with Gasteiger partial charge in [-0.3, -0.25) is 4.79 Å². The highest BCUT2D eigenvalue weighted by Crippen LogP contribution is 2.21. The van der Waals surface area contributed by atoms with Crippen molar-refractivity contribution in [2.45, 2.75) is 25.6 Å². The lowest BCUT2D eigenvalue weighted by atomic mass is 10.0. The molecule has 1 rings (SSSR count). The third kappa shape index (κ3) is 6.11. The fourth-order valence-electron chi connectivity index (χ4n) is 1.74. The van der Waals surface area contributed by atoms with Gasteiger partial charge in [0.2, 0.25) is 5.91 Å². The van der Waals surface area contributed by atoms with Crippen LogP contribution in [-0.2, 0) is 14.3 Å². The van der Waals surface area contributed by atoms with Crippen LogP contribution in [0, 0.1) is 0 Å². The lowest BCUT2D eigenvalue weighted by molar-refractivity contribution is -0.142. The second kappa shape index (κ2) is 9.01. The summed E-state index contributed by atoms with van der Waals surface area (Å²) < 4.78 is 9.63. The molecule has 3 N–H and O–H groups in total. The minimum atomic E-state index is -1.07. The third-order valence-corrected chi connectivity index (χ3v) is 2.98. The second-order valence-electron chi connectivity index (χ2n) is 4.72. The van der Waals surface area contributed by atoms with Crippen molar-refractivity contribution in [2.75, 3.05) is 20.3 Å². The summed E-state index contributed by atoms with van der Waals surface area (Å²) in [5, 5.41) is 22.4. The van der Waals surface area contributed by atoms with E-state index in [1.165, 1.54) is 14.0 Å². The number of carbonyl (C=O) groups excluding carboxylic acids is 2. The maximum atomic E-state index is 10.9. The number of methoxy groups -OCH3 is 1. The van der Waals surface area contributed by atoms with Gasteiger partial charge in [-0.15, -0.1) is 0 Å². The van der Waals surface area contributed by atoms with Gasteiger partial charge in [-0.1, -0.05) is 12.1 Å². The first-order valence-electron chi connectivity index (χ1n) is 6.84. The van der Waals surface area contributed by atoms with Crippen LogP contribution in [0.3, 0.4) is 0 Å². The highest BCUT2D eigenvalue weighted by Gasteiger charge is 2.18. The molecule has 0 saturated carbocycles. The molecule has 0 aliphatic heterocycles. The molecule has 2 unspecified atom stereocenters. The quantitative estimate of drug-likeness (QED) is 0.591. The van der Waals surface area contributed by atoms with Crippen molar-refractivity contribution in [1.29, 1.82) is 0 Å². The highest BCUT2D eigenvalue weighted by atomic mass is 16.6. The standard InChI is InChI=1S/C15H21NO6/c1-10(17)16-8-7-13(18)15(20)11-3-5-12(6-4-11)22-9-14(19)21-2/h3-6,13,15,18,20H,7-9H2,1-2H3,(H,16,17). The zero-order valence-electron chi connectivity index (χ0n) is 12.6. The first-order valence-corrected chi connectivity index (χ1v) is 6.84. The predicted molar refractivity (Wildman–Crippen MR) is 78.2 cm³/mol. The van der Waals surface area contributed by atoms with Gasteiger partial charge < -0.3 is 25.0 Å². The Morgan fingerprint density at radius 3 is 2.41 bits per heavy atom. The van der Waals surface area contributed by atoms with Crippen molar-refractivity contribution in [3.63, 3.8) is 0 Å². The number of rotatable bonds is 8. The number of aliphatic hydroxyl groups is 2. The summed E-state index contributed by atoms with van der Waals surface area (Å²) in [6, 6.07) is 6.36. The Morgan fingerprint density at radius 2 is 1.86 bits per heavy atom. The molecule has 7 heteroatoms. The smallest absolute Gasteiger partial charge is 0.343 e. The van der Waals surface area contributed by atoms with Gasteiger partial charge in [-0.05, 0) is 24.1 Å². The lowest BCUT2D eigenvalue weighted by Crippen LogP contribution is -2.27. The molecule has 0 aliphatic rings. The van der Waals surface area contributed by atoms with Crippen molar-refractivity contribution >= 4 is 11.9 Å². The number of hydrogen-bond acceptors (Lipinski definition) is 6. The fraction of sp³-hybridized carbons (Fsp3) is 0.467. The van der Waals surface area contributed by atoms with Crippen molar-refractivity contribution < 1.29 is 29.3 Å². The van der Waals surface area contributed by atoms with Gasteiger partial charge in [0.1, 0.15) is 11.9 Å². The molecule has 0 aliphatic carbocycles. The van der Waals surface area contributed by atoms with Gasteiger partial charge in [0, 0.05) is 13.5 Å². The van der Waals surface area contributed by atoms with Gasteiger partial charge in [0.15, 0.2) is 6.61 Å². The third-order valence-electron chi connectivity index (χ3n) is 2.98. The van der Waals surface area contributed by atoms with Gasteiger partial charge in [0.05, 0.1) is 13.2 Å². The summed E-state index contributed by atoms with van der Waals surface area (Å²) in [5.41, 5.74) is 0.515. The number of esters is 1. The summed E-state index contributed by atoms with van der Waals surface area (Å²) >= 11 is 0. The Hall–Kier alpha value is -2.12. The molecule has 0 radical (unpaired) electrons. The van der Waals surface area contributed by atoms with Crippen LogP contribution in [0.1, 0.15) is 25.0 Å². The molecule has 0 spiro atoms. The van der Waals surface area contributed by atoms with Gasteiger partial charge in [0.25, 0.3) is 0 Å². The van der Waals surface area contributed by atoms with E-state index >= 15 is 0 Å². The van der Waals surface area contributed by atoms with Crippen molar-refractivity contribution in [2.24, 2.45) is 0 Å². The zero-order valence-corrected chi connectivity index (χ0v) is 12.6. The van der Waals surface area contributed by atoms with E-state index in [-0.39, 0.29) is 25.5 Å². The predicted octanol–water partition coefficient (Wildman–Crippen LogP) is 0.159. The van der Waals surface area contributed by atoms with E-state index in [9.17, 15) is 19.8 Å². The van der Waals surface area contributed by atoms with E-state index in [2.05, 4.69) is 10.1 Å². The molecule has 0 fully saturated rings. The first kappa shape index (κ1) is 17.9. The van der Waals surface area contributed by atoms with Gasteiger partial charge in [-0.25, -0.2) is 4.79 Å². The van der Waals surface area contributed by atoms with Crippen LogP contribution in [0.5, 0.6) is 5.75 Å². The summed E-state index contributed by atoms with van der Waals surface area (Å²) in [5.74, 6) is -0.222. The maximum absolute atomic E-state index is 10.9. The average molecular weight is 311 g/mol. The SMILES string of the molecule is COC(=O)COc1ccc(C(O)C(O)CCNC(C)=O)cc1. The number of benzene rings is 1. The Labute approximate surface area is 128 Å². The Kier molecular flexibility index (Phi) is 7.34. The molecule has 1 aromatic carbocycles. The summed E-state index contributed by atoms with van der Waals surface area (Å²) in [4.78, 5) is 21.7. The van der Waals surface area contributed by atoms with E-state index in [1.54, 1.807) is 24.3 Å². The van der Waals surface area contributed by atoms with E-state index in [4.69, 9.17) is 4.74 Å². The number of amides is 1. The van der Waals surface area contributed by atoms with Crippen LogP contribution >= 0.6 is 0 Å². The molecule has 7 nitrogen and oxygen atoms in total. The first-order chi connectivity index (χ1) is 10.4. The van der Waals surface area contributed by atoms with Crippen LogP contribution in [0.2, 0.25) is 0 Å². The maximum Gasteiger partial charge on any atom is 0.343 e. The molecule has 1 amide bonds. The summed E-state index contributed by atoms with van der Waals surface area (Å²) in [6.07, 6.45) is -1.82. The molecule has 0 bridgehead atoms. The number of nitrogens with one attached hydrogen (secondary N) is 1. The second-order valence-corrected chi connectivity index (χ2v) is 4.72. The monoisotopic (exact) mass is 311 g/mol. The van der Waals surface area contributed by atoms with Crippen LogP contribution in [0.25, 0.3) is 0 Å². The number of aliphatic hydroxyl groups excluding tert-OH is 2. The molecular formula is C15H21NO6. The van der Waals surface area contributed by atoms with Crippen LogP contribution in [0.4, 0.5) is 0 Å². The molecule has 122 valence electrons. The van der Waals surface area contributed by atoms with E-state index < -0.39 is 18.2 Å². The Balaban J connectivity index is 2.50. The minimum Gasteiger partial charge on any atom is -0.482 e. The van der Waals surface area contributed by atoms with Crippen molar-refractivity contribution in [1.82, 2.24) is 5.32 Å². The topological polar surface area (TPSA) is 105 Å². The van der Waals surface area contributed by atoms with Crippen molar-refractivity contribution in [3.8, 4) is 5.75 Å². The van der Waals surface area contributed by atoms with E-state index in [1.807, 2.05) is 0 Å². The van der Waals surface area contributed by atoms with Crippen LogP contribution in [0.15, 0.2) is 24.3 Å². The van der Waals surface area contributed by atoms with Crippen molar-refractivity contribution in [3.05, 3.63) is 29.8 Å². The summed E-state index contributed by atoms with van der Waals surface area (Å²) in [6.45, 7) is 1.47. The number of ether oxygens (including phenoxy) is 2. The molecular weight excluding hydrogens is 290 g/mol. The minimum absolute atomic E-state index is 0.186. The van der Waals surface area contributed by atoms with E-state index in [0.29, 0.717) is 11.3 Å². The van der Waals surface area contributed by atoms with Crippen LogP contribution < -0.4 is 10.1 Å². The summed E-state index contributed by atoms with van der Waals surface area (Å²) in [7, 11) is 1.27. The highest BCUT2D eigenvalue weighted by molar-refractivity contribution is 5.72. The molecule has 2 atom stereocenters. The number of carbonyl (C=O) groups is 2. The fourth-order valence-corrected chi connectivity index (χ4v) is 1.74. The normalized spacial score (nSPS) is 13.1. The largest absolute Gasteiger partial charge is 0.482 e. The average Bonchev–Trinajstić information content (AvgIpc) is 2.51. The van der Waals surface area contributed by atoms with Gasteiger partial charge >= 0.3 is 5.97 Å². The van der Waals surface area contributed by atoms with E-state index in [0.717, 1.165) is 0 Å². The molecule has 0 saturated heterocycles.